The molecule has 0 aliphatic heterocycles. The van der Waals surface area contributed by atoms with Gasteiger partial charge in [0.1, 0.15) is 11.8 Å². The van der Waals surface area contributed by atoms with Gasteiger partial charge < -0.3 is 15.4 Å². The highest BCUT2D eigenvalue weighted by Crippen LogP contribution is 2.19. The number of hydrogen-bond acceptors (Lipinski definition) is 4. The number of benzene rings is 2. The molecule has 2 N–H and O–H groups in total. The van der Waals surface area contributed by atoms with Crippen LogP contribution in [-0.2, 0) is 9.59 Å². The molecule has 1 unspecified atom stereocenters. The summed E-state index contributed by atoms with van der Waals surface area (Å²) in [5, 5.41) is 9.69. The molecule has 2 amide bonds. The van der Waals surface area contributed by atoms with Crippen LogP contribution >= 0.6 is 0 Å². The zero-order chi connectivity index (χ0) is 20.8. The van der Waals surface area contributed by atoms with Gasteiger partial charge in [-0.25, -0.2) is 0 Å². The highest BCUT2D eigenvalue weighted by molar-refractivity contribution is 5.95. The summed E-state index contributed by atoms with van der Waals surface area (Å²) < 4.78 is 7.18. The minimum absolute atomic E-state index is 0.100. The van der Waals surface area contributed by atoms with Gasteiger partial charge in [0.25, 0.3) is 5.91 Å². The summed E-state index contributed by atoms with van der Waals surface area (Å²) in [5.74, 6) is 0.202. The summed E-state index contributed by atoms with van der Waals surface area (Å²) >= 11 is 0. The normalized spacial score (nSPS) is 11.6. The van der Waals surface area contributed by atoms with E-state index in [-0.39, 0.29) is 18.4 Å². The first kappa shape index (κ1) is 20.1. The van der Waals surface area contributed by atoms with Crippen LogP contribution in [0, 0.1) is 13.8 Å². The molecule has 3 aromatic rings. The number of hydrogen-bond donors (Lipinski definition) is 2. The second kappa shape index (κ2) is 9.05. The topological polar surface area (TPSA) is 85.3 Å². The Labute approximate surface area is 169 Å². The van der Waals surface area contributed by atoms with E-state index in [1.807, 2.05) is 32.0 Å². The van der Waals surface area contributed by atoms with Gasteiger partial charge in [0, 0.05) is 23.8 Å². The van der Waals surface area contributed by atoms with Crippen molar-refractivity contribution in [1.82, 2.24) is 9.78 Å². The fourth-order valence-corrected chi connectivity index (χ4v) is 2.85. The van der Waals surface area contributed by atoms with Crippen molar-refractivity contribution in [3.05, 3.63) is 72.1 Å². The molecule has 7 heteroatoms. The third-order valence-corrected chi connectivity index (χ3v) is 4.40. The Morgan fingerprint density at radius 1 is 1.07 bits per heavy atom. The van der Waals surface area contributed by atoms with Gasteiger partial charge in [0.2, 0.25) is 5.91 Å². The number of carbonyl (C=O) groups excluding carboxylic acids is 2. The second-order valence-electron chi connectivity index (χ2n) is 6.84. The Kier molecular flexibility index (Phi) is 6.29. The molecule has 0 saturated heterocycles. The molecule has 0 aliphatic rings. The standard InChI is InChI=1S/C22H24N4O3/c1-15-8-9-20(16(2)12-15)29-14-21(27)24-18-6-4-7-19(13-18)25-22(28)17(3)26-11-5-10-23-26/h4-13,17H,14H2,1-3H3,(H,24,27)(H,25,28). The van der Waals surface area contributed by atoms with Gasteiger partial charge in [-0.1, -0.05) is 23.8 Å². The van der Waals surface area contributed by atoms with Crippen LogP contribution < -0.4 is 15.4 Å². The maximum Gasteiger partial charge on any atom is 0.262 e. The fraction of sp³-hybridized carbons (Fsp3) is 0.227. The number of rotatable bonds is 7. The first-order valence-electron chi connectivity index (χ1n) is 9.32. The maximum absolute atomic E-state index is 12.4. The van der Waals surface area contributed by atoms with Gasteiger partial charge in [-0.15, -0.1) is 0 Å². The van der Waals surface area contributed by atoms with Crippen LogP contribution in [0.15, 0.2) is 60.9 Å². The maximum atomic E-state index is 12.4. The van der Waals surface area contributed by atoms with E-state index >= 15 is 0 Å². The lowest BCUT2D eigenvalue weighted by atomic mass is 10.1. The molecular formula is C22H24N4O3. The van der Waals surface area contributed by atoms with E-state index in [0.29, 0.717) is 17.1 Å². The minimum Gasteiger partial charge on any atom is -0.483 e. The van der Waals surface area contributed by atoms with Crippen LogP contribution in [-0.4, -0.2) is 28.2 Å². The van der Waals surface area contributed by atoms with Crippen molar-refractivity contribution in [2.45, 2.75) is 26.8 Å². The molecule has 0 spiro atoms. The van der Waals surface area contributed by atoms with Crippen LogP contribution in [0.4, 0.5) is 11.4 Å². The molecule has 1 heterocycles. The predicted octanol–water partition coefficient (Wildman–Crippen LogP) is 3.72. The summed E-state index contributed by atoms with van der Waals surface area (Å²) in [6.07, 6.45) is 3.36. The molecule has 1 aromatic heterocycles. The Morgan fingerprint density at radius 2 is 1.83 bits per heavy atom. The molecular weight excluding hydrogens is 368 g/mol. The van der Waals surface area contributed by atoms with Crippen LogP contribution in [0.3, 0.4) is 0 Å². The second-order valence-corrected chi connectivity index (χ2v) is 6.84. The summed E-state index contributed by atoms with van der Waals surface area (Å²) in [7, 11) is 0. The van der Waals surface area contributed by atoms with Gasteiger partial charge in [-0.2, -0.15) is 5.10 Å². The van der Waals surface area contributed by atoms with E-state index in [1.54, 1.807) is 54.3 Å². The lowest BCUT2D eigenvalue weighted by Gasteiger charge is -2.14. The zero-order valence-electron chi connectivity index (χ0n) is 16.7. The highest BCUT2D eigenvalue weighted by atomic mass is 16.5. The average Bonchev–Trinajstić information content (AvgIpc) is 3.21. The monoisotopic (exact) mass is 392 g/mol. The third kappa shape index (κ3) is 5.44. The molecule has 3 rings (SSSR count). The smallest absolute Gasteiger partial charge is 0.262 e. The van der Waals surface area contributed by atoms with E-state index in [0.717, 1.165) is 11.1 Å². The number of ether oxygens (including phenoxy) is 1. The third-order valence-electron chi connectivity index (χ3n) is 4.40. The number of nitrogens with one attached hydrogen (secondary N) is 2. The molecule has 0 radical (unpaired) electrons. The molecule has 29 heavy (non-hydrogen) atoms. The highest BCUT2D eigenvalue weighted by Gasteiger charge is 2.15. The Bertz CT molecular complexity index is 999. The van der Waals surface area contributed by atoms with Crippen LogP contribution in [0.5, 0.6) is 5.75 Å². The summed E-state index contributed by atoms with van der Waals surface area (Å²) in [4.78, 5) is 24.6. The Hall–Kier alpha value is -3.61. The van der Waals surface area contributed by atoms with Gasteiger partial charge in [0.05, 0.1) is 0 Å². The van der Waals surface area contributed by atoms with Crippen molar-refractivity contribution in [2.24, 2.45) is 0 Å². The van der Waals surface area contributed by atoms with Gasteiger partial charge in [-0.05, 0) is 56.7 Å². The summed E-state index contributed by atoms with van der Waals surface area (Å²) in [6, 6.07) is 14.1. The van der Waals surface area contributed by atoms with E-state index in [1.165, 1.54) is 0 Å². The number of amides is 2. The van der Waals surface area contributed by atoms with Crippen molar-refractivity contribution in [1.29, 1.82) is 0 Å². The van der Waals surface area contributed by atoms with Gasteiger partial charge in [-0.3, -0.25) is 14.3 Å². The van der Waals surface area contributed by atoms with Crippen molar-refractivity contribution in [2.75, 3.05) is 17.2 Å². The molecule has 7 nitrogen and oxygen atoms in total. The van der Waals surface area contributed by atoms with Gasteiger partial charge in [0.15, 0.2) is 6.61 Å². The average molecular weight is 392 g/mol. The lowest BCUT2D eigenvalue weighted by Crippen LogP contribution is -2.24. The number of carbonyl (C=O) groups is 2. The Balaban J connectivity index is 1.56. The molecule has 0 fully saturated rings. The summed E-state index contributed by atoms with van der Waals surface area (Å²) in [6.45, 7) is 5.61. The molecule has 0 bridgehead atoms. The largest absolute Gasteiger partial charge is 0.483 e. The molecule has 2 aromatic carbocycles. The molecule has 0 saturated carbocycles. The van der Waals surface area contributed by atoms with Crippen molar-refractivity contribution in [3.8, 4) is 5.75 Å². The molecule has 150 valence electrons. The number of nitrogens with zero attached hydrogens (tertiary/aromatic N) is 2. The predicted molar refractivity (Wildman–Crippen MR) is 112 cm³/mol. The fourth-order valence-electron chi connectivity index (χ4n) is 2.85. The Morgan fingerprint density at radius 3 is 2.52 bits per heavy atom. The summed E-state index contributed by atoms with van der Waals surface area (Å²) in [5.41, 5.74) is 3.28. The first-order chi connectivity index (χ1) is 13.9. The number of anilines is 2. The number of aryl methyl sites for hydroxylation is 2. The van der Waals surface area contributed by atoms with E-state index in [2.05, 4.69) is 15.7 Å². The van der Waals surface area contributed by atoms with Crippen LogP contribution in [0.2, 0.25) is 0 Å². The van der Waals surface area contributed by atoms with Crippen LogP contribution in [0.25, 0.3) is 0 Å². The first-order valence-corrected chi connectivity index (χ1v) is 9.32. The van der Waals surface area contributed by atoms with Crippen molar-refractivity contribution in [3.63, 3.8) is 0 Å². The van der Waals surface area contributed by atoms with E-state index < -0.39 is 6.04 Å². The van der Waals surface area contributed by atoms with Crippen molar-refractivity contribution < 1.29 is 14.3 Å². The lowest BCUT2D eigenvalue weighted by molar-refractivity contribution is -0.119. The van der Waals surface area contributed by atoms with E-state index in [9.17, 15) is 9.59 Å². The quantitative estimate of drug-likeness (QED) is 0.642. The number of aromatic nitrogens is 2. The minimum atomic E-state index is -0.450. The molecule has 0 aliphatic carbocycles. The van der Waals surface area contributed by atoms with E-state index in [4.69, 9.17) is 4.74 Å². The zero-order valence-corrected chi connectivity index (χ0v) is 16.7. The van der Waals surface area contributed by atoms with Crippen molar-refractivity contribution >= 4 is 23.2 Å². The van der Waals surface area contributed by atoms with Gasteiger partial charge >= 0.3 is 0 Å². The molecule has 1 atom stereocenters. The SMILES string of the molecule is Cc1ccc(OCC(=O)Nc2cccc(NC(=O)C(C)n3cccn3)c2)c(C)c1. The van der Waals surface area contributed by atoms with Crippen LogP contribution in [0.1, 0.15) is 24.1 Å².